The van der Waals surface area contributed by atoms with Gasteiger partial charge in [-0.3, -0.25) is 9.78 Å². The van der Waals surface area contributed by atoms with Crippen LogP contribution in [0, 0.1) is 0 Å². The van der Waals surface area contributed by atoms with Gasteiger partial charge in [0.2, 0.25) is 5.95 Å². The molecule has 1 aromatic carbocycles. The molecule has 5 rings (SSSR count). The number of nitrogens with one attached hydrogen (secondary N) is 1. The number of ether oxygens (including phenoxy) is 1. The Kier molecular flexibility index (Phi) is 5.42. The highest BCUT2D eigenvalue weighted by molar-refractivity contribution is 7.18. The first kappa shape index (κ1) is 19.8. The Balaban J connectivity index is 1.66. The summed E-state index contributed by atoms with van der Waals surface area (Å²) < 4.78 is 6.99. The Morgan fingerprint density at radius 1 is 1.06 bits per heavy atom. The largest absolute Gasteiger partial charge is 0.497 e. The number of anilines is 1. The molecular formula is C24H24N4O2S. The molecule has 1 aliphatic carbocycles. The lowest BCUT2D eigenvalue weighted by atomic mass is 10.1. The van der Waals surface area contributed by atoms with Crippen molar-refractivity contribution in [2.75, 3.05) is 12.4 Å². The Labute approximate surface area is 184 Å². The van der Waals surface area contributed by atoms with E-state index in [1.54, 1.807) is 35.4 Å². The van der Waals surface area contributed by atoms with Gasteiger partial charge in [0.05, 0.1) is 18.2 Å². The van der Waals surface area contributed by atoms with E-state index in [4.69, 9.17) is 9.72 Å². The molecule has 0 unspecified atom stereocenters. The van der Waals surface area contributed by atoms with Crippen molar-refractivity contribution >= 4 is 27.5 Å². The molecule has 6 nitrogen and oxygen atoms in total. The molecule has 158 valence electrons. The monoisotopic (exact) mass is 432 g/mol. The third-order valence-electron chi connectivity index (χ3n) is 5.77. The minimum absolute atomic E-state index is 0.00760. The van der Waals surface area contributed by atoms with E-state index in [0.717, 1.165) is 46.5 Å². The zero-order valence-electron chi connectivity index (χ0n) is 17.4. The van der Waals surface area contributed by atoms with E-state index in [0.29, 0.717) is 12.5 Å². The summed E-state index contributed by atoms with van der Waals surface area (Å²) in [7, 11) is 1.64. The fourth-order valence-corrected chi connectivity index (χ4v) is 5.40. The number of pyridine rings is 1. The maximum atomic E-state index is 13.8. The van der Waals surface area contributed by atoms with Crippen molar-refractivity contribution in [2.24, 2.45) is 0 Å². The molecule has 3 heterocycles. The second kappa shape index (κ2) is 8.51. The zero-order valence-corrected chi connectivity index (χ0v) is 18.2. The van der Waals surface area contributed by atoms with Gasteiger partial charge >= 0.3 is 0 Å². The molecule has 31 heavy (non-hydrogen) atoms. The molecule has 3 aromatic heterocycles. The van der Waals surface area contributed by atoms with Crippen molar-refractivity contribution in [1.29, 1.82) is 0 Å². The molecule has 7 heteroatoms. The molecule has 0 fully saturated rings. The number of aromatic nitrogens is 3. The van der Waals surface area contributed by atoms with Gasteiger partial charge in [0.25, 0.3) is 5.56 Å². The lowest BCUT2D eigenvalue weighted by Gasteiger charge is -2.15. The van der Waals surface area contributed by atoms with Gasteiger partial charge in [-0.2, -0.15) is 0 Å². The average molecular weight is 433 g/mol. The number of benzene rings is 1. The van der Waals surface area contributed by atoms with Gasteiger partial charge in [0.1, 0.15) is 10.6 Å². The molecule has 0 aliphatic heterocycles. The van der Waals surface area contributed by atoms with Gasteiger partial charge in [0, 0.05) is 23.8 Å². The lowest BCUT2D eigenvalue weighted by molar-refractivity contribution is 0.414. The van der Waals surface area contributed by atoms with Crippen molar-refractivity contribution in [3.05, 3.63) is 75.1 Å². The number of rotatable bonds is 5. The predicted molar refractivity (Wildman–Crippen MR) is 125 cm³/mol. The molecule has 0 radical (unpaired) electrons. The van der Waals surface area contributed by atoms with Gasteiger partial charge in [-0.05, 0) is 73.2 Å². The summed E-state index contributed by atoms with van der Waals surface area (Å²) in [4.78, 5) is 25.0. The number of fused-ring (bicyclic) bond motifs is 3. The molecular weight excluding hydrogens is 408 g/mol. The SMILES string of the molecule is COc1ccc(-n2c(NCc3ccncc3)nc3sc4c(c3c2=O)CCCCC4)cc1. The van der Waals surface area contributed by atoms with Gasteiger partial charge in [-0.25, -0.2) is 9.55 Å². The van der Waals surface area contributed by atoms with E-state index in [1.807, 2.05) is 36.4 Å². The fraction of sp³-hybridized carbons (Fsp3) is 0.292. The number of hydrogen-bond donors (Lipinski definition) is 1. The van der Waals surface area contributed by atoms with E-state index in [2.05, 4.69) is 10.3 Å². The van der Waals surface area contributed by atoms with Crippen LogP contribution in [0.15, 0.2) is 53.6 Å². The number of thiophene rings is 1. The number of nitrogens with zero attached hydrogens (tertiary/aromatic N) is 3. The molecule has 4 aromatic rings. The summed E-state index contributed by atoms with van der Waals surface area (Å²) in [6, 6.07) is 11.4. The van der Waals surface area contributed by atoms with E-state index >= 15 is 0 Å². The number of methoxy groups -OCH3 is 1. The maximum Gasteiger partial charge on any atom is 0.268 e. The second-order valence-electron chi connectivity index (χ2n) is 7.73. The van der Waals surface area contributed by atoms with E-state index in [9.17, 15) is 4.79 Å². The predicted octanol–water partition coefficient (Wildman–Crippen LogP) is 4.73. The number of aryl methyl sites for hydroxylation is 2. The van der Waals surface area contributed by atoms with Crippen molar-refractivity contribution < 1.29 is 4.74 Å². The number of hydrogen-bond acceptors (Lipinski definition) is 6. The Hall–Kier alpha value is -3.19. The van der Waals surface area contributed by atoms with Crippen molar-refractivity contribution in [3.63, 3.8) is 0 Å². The first-order chi connectivity index (χ1) is 15.2. The lowest BCUT2D eigenvalue weighted by Crippen LogP contribution is -2.24. The third kappa shape index (κ3) is 3.81. The Morgan fingerprint density at radius 3 is 2.61 bits per heavy atom. The minimum Gasteiger partial charge on any atom is -0.497 e. The molecule has 0 spiro atoms. The average Bonchev–Trinajstić information content (AvgIpc) is 3.00. The molecule has 0 atom stereocenters. The van der Waals surface area contributed by atoms with Crippen LogP contribution in [0.25, 0.3) is 15.9 Å². The van der Waals surface area contributed by atoms with Crippen LogP contribution in [0.2, 0.25) is 0 Å². The van der Waals surface area contributed by atoms with Crippen molar-refractivity contribution in [2.45, 2.75) is 38.6 Å². The standard InChI is InChI=1S/C24H24N4O2S/c1-30-18-9-7-17(8-10-18)28-23(29)21-19-5-3-2-4-6-20(19)31-22(21)27-24(28)26-15-16-11-13-25-14-12-16/h7-14H,2-6,15H2,1H3,(H,26,27). The van der Waals surface area contributed by atoms with Crippen LogP contribution in [-0.2, 0) is 19.4 Å². The molecule has 0 amide bonds. The van der Waals surface area contributed by atoms with Gasteiger partial charge in [-0.15, -0.1) is 11.3 Å². The smallest absolute Gasteiger partial charge is 0.268 e. The highest BCUT2D eigenvalue weighted by Crippen LogP contribution is 2.34. The first-order valence-corrected chi connectivity index (χ1v) is 11.4. The first-order valence-electron chi connectivity index (χ1n) is 10.6. The Bertz CT molecular complexity index is 1260. The molecule has 1 N–H and O–H groups in total. The van der Waals surface area contributed by atoms with E-state index in [1.165, 1.54) is 23.3 Å². The van der Waals surface area contributed by atoms with Crippen LogP contribution in [-0.4, -0.2) is 21.6 Å². The highest BCUT2D eigenvalue weighted by atomic mass is 32.1. The molecule has 0 saturated carbocycles. The van der Waals surface area contributed by atoms with E-state index in [-0.39, 0.29) is 5.56 Å². The van der Waals surface area contributed by atoms with Crippen LogP contribution in [0.5, 0.6) is 5.75 Å². The van der Waals surface area contributed by atoms with Gasteiger partial charge < -0.3 is 10.1 Å². The summed E-state index contributed by atoms with van der Waals surface area (Å²) >= 11 is 1.68. The summed E-state index contributed by atoms with van der Waals surface area (Å²) in [5.74, 6) is 1.30. The highest BCUT2D eigenvalue weighted by Gasteiger charge is 2.22. The zero-order chi connectivity index (χ0) is 21.2. The van der Waals surface area contributed by atoms with Crippen molar-refractivity contribution in [3.8, 4) is 11.4 Å². The Morgan fingerprint density at radius 2 is 1.84 bits per heavy atom. The minimum atomic E-state index is -0.00760. The topological polar surface area (TPSA) is 69.0 Å². The molecule has 0 saturated heterocycles. The second-order valence-corrected chi connectivity index (χ2v) is 8.81. The molecule has 0 bridgehead atoms. The summed E-state index contributed by atoms with van der Waals surface area (Å²) in [5.41, 5.74) is 3.04. The van der Waals surface area contributed by atoms with E-state index < -0.39 is 0 Å². The van der Waals surface area contributed by atoms with Gasteiger partial charge in [-0.1, -0.05) is 6.42 Å². The van der Waals surface area contributed by atoms with Crippen LogP contribution in [0.4, 0.5) is 5.95 Å². The summed E-state index contributed by atoms with van der Waals surface area (Å²) in [6.45, 7) is 0.557. The summed E-state index contributed by atoms with van der Waals surface area (Å²) in [6.07, 6.45) is 9.05. The fourth-order valence-electron chi connectivity index (χ4n) is 4.15. The third-order valence-corrected chi connectivity index (χ3v) is 6.96. The van der Waals surface area contributed by atoms with Crippen LogP contribution in [0.3, 0.4) is 0 Å². The van der Waals surface area contributed by atoms with Crippen LogP contribution in [0.1, 0.15) is 35.3 Å². The van der Waals surface area contributed by atoms with Crippen LogP contribution >= 0.6 is 11.3 Å². The maximum absolute atomic E-state index is 13.8. The quantitative estimate of drug-likeness (QED) is 0.462. The van der Waals surface area contributed by atoms with Crippen LogP contribution < -0.4 is 15.6 Å². The molecule has 1 aliphatic rings. The van der Waals surface area contributed by atoms with Crippen molar-refractivity contribution in [1.82, 2.24) is 14.5 Å². The normalized spacial score (nSPS) is 13.6. The summed E-state index contributed by atoms with van der Waals surface area (Å²) in [5, 5.41) is 4.17. The van der Waals surface area contributed by atoms with Gasteiger partial charge in [0.15, 0.2) is 0 Å².